The third-order valence-corrected chi connectivity index (χ3v) is 5.62. The first-order valence-electron chi connectivity index (χ1n) is 9.85. The molecule has 0 radical (unpaired) electrons. The average molecular weight is 489 g/mol. The van der Waals surface area contributed by atoms with E-state index in [1.54, 1.807) is 35.4 Å². The highest BCUT2D eigenvalue weighted by Crippen LogP contribution is 2.25. The summed E-state index contributed by atoms with van der Waals surface area (Å²) in [6.07, 6.45) is 7.36. The molecule has 2 aromatic heterocycles. The predicted octanol–water partition coefficient (Wildman–Crippen LogP) is 3.00. The molecule has 0 aliphatic carbocycles. The second kappa shape index (κ2) is 11.4. The number of nitrogens with zero attached hydrogens (tertiary/aromatic N) is 4. The van der Waals surface area contributed by atoms with Crippen molar-refractivity contribution in [3.8, 4) is 5.82 Å². The van der Waals surface area contributed by atoms with Crippen LogP contribution in [-0.2, 0) is 11.3 Å². The second-order valence-corrected chi connectivity index (χ2v) is 8.32. The average Bonchev–Trinajstić information content (AvgIpc) is 3.35. The number of benzene rings is 1. The molecule has 0 aliphatic rings. The van der Waals surface area contributed by atoms with Crippen molar-refractivity contribution < 1.29 is 14.5 Å². The monoisotopic (exact) mass is 488 g/mol. The molecule has 12 heteroatoms. The van der Waals surface area contributed by atoms with E-state index in [1.165, 1.54) is 23.9 Å². The first kappa shape index (κ1) is 24.2. The van der Waals surface area contributed by atoms with Gasteiger partial charge in [0.25, 0.3) is 11.6 Å². The Hall–Kier alpha value is -3.44. The molecule has 172 valence electrons. The fourth-order valence-corrected chi connectivity index (χ4v) is 3.57. The van der Waals surface area contributed by atoms with Gasteiger partial charge in [0.1, 0.15) is 11.1 Å². The third kappa shape index (κ3) is 6.53. The Kier molecular flexibility index (Phi) is 8.39. The molecule has 2 N–H and O–H groups in total. The summed E-state index contributed by atoms with van der Waals surface area (Å²) in [4.78, 5) is 40.2. The number of amides is 2. The Morgan fingerprint density at radius 3 is 2.76 bits per heavy atom. The van der Waals surface area contributed by atoms with Crippen molar-refractivity contribution in [2.75, 3.05) is 12.0 Å². The van der Waals surface area contributed by atoms with Crippen LogP contribution in [0, 0.1) is 10.1 Å². The number of halogens is 1. The van der Waals surface area contributed by atoms with Crippen molar-refractivity contribution in [1.82, 2.24) is 25.4 Å². The summed E-state index contributed by atoms with van der Waals surface area (Å²) in [6, 6.07) is 8.35. The van der Waals surface area contributed by atoms with Crippen LogP contribution in [0.3, 0.4) is 0 Å². The maximum atomic E-state index is 12.8. The summed E-state index contributed by atoms with van der Waals surface area (Å²) >= 11 is 7.35. The molecule has 2 heterocycles. The van der Waals surface area contributed by atoms with E-state index < -0.39 is 16.9 Å². The molecule has 3 aromatic rings. The van der Waals surface area contributed by atoms with Gasteiger partial charge in [-0.3, -0.25) is 19.7 Å². The van der Waals surface area contributed by atoms with E-state index in [2.05, 4.69) is 20.7 Å². The van der Waals surface area contributed by atoms with E-state index in [4.69, 9.17) is 11.6 Å². The Morgan fingerprint density at radius 1 is 1.30 bits per heavy atom. The Balaban J connectivity index is 1.64. The molecule has 0 saturated carbocycles. The number of aromatic nitrogens is 3. The van der Waals surface area contributed by atoms with Gasteiger partial charge in [0.15, 0.2) is 5.82 Å². The van der Waals surface area contributed by atoms with Crippen LogP contribution in [0.25, 0.3) is 5.82 Å². The van der Waals surface area contributed by atoms with Crippen molar-refractivity contribution in [2.24, 2.45) is 0 Å². The topological polar surface area (TPSA) is 132 Å². The lowest BCUT2D eigenvalue weighted by Crippen LogP contribution is -2.46. The minimum absolute atomic E-state index is 0.0476. The van der Waals surface area contributed by atoms with Crippen molar-refractivity contribution in [3.05, 3.63) is 81.3 Å². The maximum Gasteiger partial charge on any atom is 0.288 e. The van der Waals surface area contributed by atoms with E-state index in [1.807, 2.05) is 12.3 Å². The van der Waals surface area contributed by atoms with Crippen LogP contribution < -0.4 is 10.6 Å². The van der Waals surface area contributed by atoms with E-state index in [0.29, 0.717) is 18.0 Å². The van der Waals surface area contributed by atoms with Crippen molar-refractivity contribution in [3.63, 3.8) is 0 Å². The molecular formula is C21H21ClN6O4S. The molecule has 1 atom stereocenters. The normalized spacial score (nSPS) is 11.6. The van der Waals surface area contributed by atoms with Gasteiger partial charge < -0.3 is 10.6 Å². The van der Waals surface area contributed by atoms with E-state index in [-0.39, 0.29) is 28.7 Å². The first-order chi connectivity index (χ1) is 15.9. The summed E-state index contributed by atoms with van der Waals surface area (Å²) in [6.45, 7) is 0.225. The van der Waals surface area contributed by atoms with Gasteiger partial charge in [-0.05, 0) is 48.3 Å². The first-order valence-corrected chi connectivity index (χ1v) is 11.6. The Labute approximate surface area is 198 Å². The molecule has 2 amide bonds. The largest absolute Gasteiger partial charge is 0.350 e. The summed E-state index contributed by atoms with van der Waals surface area (Å²) in [5.74, 6) is 0.328. The fraction of sp³-hybridized carbons (Fsp3) is 0.238. The van der Waals surface area contributed by atoms with Gasteiger partial charge >= 0.3 is 0 Å². The number of carbonyl (C=O) groups excluding carboxylic acids is 2. The fourth-order valence-electron chi connectivity index (χ4n) is 2.91. The molecule has 10 nitrogen and oxygen atoms in total. The van der Waals surface area contributed by atoms with Crippen LogP contribution in [0.2, 0.25) is 5.02 Å². The Morgan fingerprint density at radius 2 is 2.12 bits per heavy atom. The number of thioether (sulfide) groups is 1. The summed E-state index contributed by atoms with van der Waals surface area (Å²) in [5, 5.41) is 20.6. The molecule has 0 fully saturated rings. The zero-order valence-corrected chi connectivity index (χ0v) is 19.2. The van der Waals surface area contributed by atoms with Gasteiger partial charge in [-0.15, -0.1) is 0 Å². The number of carbonyl (C=O) groups is 2. The summed E-state index contributed by atoms with van der Waals surface area (Å²) in [7, 11) is 0. The number of rotatable bonds is 10. The minimum Gasteiger partial charge on any atom is -0.350 e. The van der Waals surface area contributed by atoms with E-state index in [9.17, 15) is 19.7 Å². The van der Waals surface area contributed by atoms with Crippen LogP contribution in [0.1, 0.15) is 22.3 Å². The highest BCUT2D eigenvalue weighted by Gasteiger charge is 2.23. The highest BCUT2D eigenvalue weighted by atomic mass is 35.5. The van der Waals surface area contributed by atoms with Gasteiger partial charge in [0.05, 0.1) is 4.92 Å². The highest BCUT2D eigenvalue weighted by molar-refractivity contribution is 7.98. The maximum absolute atomic E-state index is 12.8. The van der Waals surface area contributed by atoms with Gasteiger partial charge in [-0.25, -0.2) is 9.67 Å². The number of nitrogens with one attached hydrogen (secondary N) is 2. The van der Waals surface area contributed by atoms with Crippen LogP contribution in [0.4, 0.5) is 5.69 Å². The summed E-state index contributed by atoms with van der Waals surface area (Å²) in [5.41, 5.74) is 0.453. The molecule has 1 unspecified atom stereocenters. The van der Waals surface area contributed by atoms with Gasteiger partial charge in [-0.1, -0.05) is 17.7 Å². The van der Waals surface area contributed by atoms with Crippen molar-refractivity contribution in [1.29, 1.82) is 0 Å². The van der Waals surface area contributed by atoms with Gasteiger partial charge in [0, 0.05) is 36.8 Å². The number of hydrogen-bond acceptors (Lipinski definition) is 7. The molecule has 3 rings (SSSR count). The third-order valence-electron chi connectivity index (χ3n) is 4.65. The van der Waals surface area contributed by atoms with Crippen molar-refractivity contribution >= 4 is 40.9 Å². The lowest BCUT2D eigenvalue weighted by molar-refractivity contribution is -0.384. The number of hydrogen-bond donors (Lipinski definition) is 2. The van der Waals surface area contributed by atoms with Gasteiger partial charge in [0.2, 0.25) is 5.91 Å². The van der Waals surface area contributed by atoms with Crippen LogP contribution >= 0.6 is 23.4 Å². The standard InChI is InChI=1S/C21H21ClN6O4S/c1-33-10-7-17(26-20(29)15-4-5-16(22)18(11-15)28(31)32)21(30)24-13-14-3-6-19(23-12-14)27-9-2-8-25-27/h2-6,8-9,11-12,17H,7,10,13H2,1H3,(H,24,30)(H,26,29). The Bertz CT molecular complexity index is 1120. The smallest absolute Gasteiger partial charge is 0.288 e. The number of nitro benzene ring substituents is 1. The molecule has 0 saturated heterocycles. The van der Waals surface area contributed by atoms with Crippen LogP contribution in [0.15, 0.2) is 55.0 Å². The quantitative estimate of drug-likeness (QED) is 0.331. The molecule has 33 heavy (non-hydrogen) atoms. The predicted molar refractivity (Wildman–Crippen MR) is 126 cm³/mol. The van der Waals surface area contributed by atoms with Crippen LogP contribution in [-0.4, -0.2) is 49.6 Å². The molecule has 1 aromatic carbocycles. The molecule has 0 bridgehead atoms. The van der Waals surface area contributed by atoms with Crippen LogP contribution in [0.5, 0.6) is 0 Å². The van der Waals surface area contributed by atoms with Crippen molar-refractivity contribution in [2.45, 2.75) is 19.0 Å². The lowest BCUT2D eigenvalue weighted by atomic mass is 10.1. The second-order valence-electron chi connectivity index (χ2n) is 6.92. The lowest BCUT2D eigenvalue weighted by Gasteiger charge is -2.18. The zero-order chi connectivity index (χ0) is 23.8. The number of nitro groups is 1. The SMILES string of the molecule is CSCCC(NC(=O)c1ccc(Cl)c([N+](=O)[O-])c1)C(=O)NCc1ccc(-n2cccn2)nc1. The molecule has 0 spiro atoms. The van der Waals surface area contributed by atoms with E-state index in [0.717, 1.165) is 11.6 Å². The summed E-state index contributed by atoms with van der Waals surface area (Å²) < 4.78 is 1.62. The number of pyridine rings is 1. The van der Waals surface area contributed by atoms with E-state index >= 15 is 0 Å². The minimum atomic E-state index is -0.809. The molecule has 0 aliphatic heterocycles. The molecular weight excluding hydrogens is 468 g/mol. The zero-order valence-electron chi connectivity index (χ0n) is 17.6. The van der Waals surface area contributed by atoms with Gasteiger partial charge in [-0.2, -0.15) is 16.9 Å².